The predicted molar refractivity (Wildman–Crippen MR) is 112 cm³/mol. The number of halogens is 4. The van der Waals surface area contributed by atoms with Gasteiger partial charge in [0.1, 0.15) is 0 Å². The van der Waals surface area contributed by atoms with Crippen LogP contribution in [0.25, 0.3) is 0 Å². The topological polar surface area (TPSA) is 29.1 Å². The molecule has 2 atom stereocenters. The van der Waals surface area contributed by atoms with E-state index in [2.05, 4.69) is 29.6 Å². The van der Waals surface area contributed by atoms with E-state index in [1.54, 1.807) is 0 Å². The van der Waals surface area contributed by atoms with Crippen LogP contribution in [0.4, 0.5) is 13.2 Å². The lowest BCUT2D eigenvalue weighted by molar-refractivity contribution is -0.137. The summed E-state index contributed by atoms with van der Waals surface area (Å²) in [7, 11) is 0. The van der Waals surface area contributed by atoms with Gasteiger partial charge < -0.3 is 5.32 Å². The van der Waals surface area contributed by atoms with Crippen molar-refractivity contribution in [2.45, 2.75) is 56.7 Å². The molecular formula is C24H25ClF3NO. The van der Waals surface area contributed by atoms with Gasteiger partial charge in [0.05, 0.1) is 10.6 Å². The highest BCUT2D eigenvalue weighted by Gasteiger charge is 2.36. The summed E-state index contributed by atoms with van der Waals surface area (Å²) in [5.41, 5.74) is 1.31. The molecule has 2 aliphatic rings. The van der Waals surface area contributed by atoms with Crippen molar-refractivity contribution in [3.63, 3.8) is 0 Å². The van der Waals surface area contributed by atoms with Crippen molar-refractivity contribution in [2.75, 3.05) is 6.54 Å². The Hall–Kier alpha value is -1.85. The Kier molecular flexibility index (Phi) is 6.21. The Morgan fingerprint density at radius 3 is 2.37 bits per heavy atom. The lowest BCUT2D eigenvalue weighted by atomic mass is 9.81. The van der Waals surface area contributed by atoms with Crippen LogP contribution in [-0.4, -0.2) is 18.4 Å². The molecule has 0 aromatic heterocycles. The van der Waals surface area contributed by atoms with Crippen molar-refractivity contribution in [1.82, 2.24) is 5.32 Å². The zero-order valence-electron chi connectivity index (χ0n) is 16.6. The van der Waals surface area contributed by atoms with Gasteiger partial charge in [0, 0.05) is 23.9 Å². The van der Waals surface area contributed by atoms with Crippen molar-refractivity contribution in [1.29, 1.82) is 0 Å². The molecule has 4 rings (SSSR count). The molecule has 0 radical (unpaired) electrons. The van der Waals surface area contributed by atoms with Gasteiger partial charge in [-0.2, -0.15) is 13.2 Å². The van der Waals surface area contributed by atoms with Gasteiger partial charge in [-0.25, -0.2) is 0 Å². The third-order valence-electron chi connectivity index (χ3n) is 6.30. The quantitative estimate of drug-likeness (QED) is 0.485. The highest BCUT2D eigenvalue weighted by Crippen LogP contribution is 2.38. The summed E-state index contributed by atoms with van der Waals surface area (Å²) in [4.78, 5) is 12.9. The van der Waals surface area contributed by atoms with E-state index in [0.29, 0.717) is 0 Å². The van der Waals surface area contributed by atoms with Crippen LogP contribution in [0, 0.1) is 5.92 Å². The molecule has 2 aromatic carbocycles. The molecule has 2 aromatic rings. The summed E-state index contributed by atoms with van der Waals surface area (Å²) in [6.45, 7) is 0.888. The maximum absolute atomic E-state index is 13.2. The minimum Gasteiger partial charge on any atom is -0.313 e. The van der Waals surface area contributed by atoms with Gasteiger partial charge in [-0.15, -0.1) is 0 Å². The van der Waals surface area contributed by atoms with Gasteiger partial charge in [0.2, 0.25) is 0 Å². The lowest BCUT2D eigenvalue weighted by Gasteiger charge is -2.35. The molecule has 1 aliphatic carbocycles. The van der Waals surface area contributed by atoms with Crippen LogP contribution in [0.15, 0.2) is 42.5 Å². The summed E-state index contributed by atoms with van der Waals surface area (Å²) in [6, 6.07) is 12.0. The smallest absolute Gasteiger partial charge is 0.313 e. The van der Waals surface area contributed by atoms with E-state index >= 15 is 0 Å². The maximum atomic E-state index is 13.2. The fourth-order valence-corrected chi connectivity index (χ4v) is 4.47. The number of carbonyl (C=O) groups is 1. The summed E-state index contributed by atoms with van der Waals surface area (Å²) in [5.74, 6) is 0.434. The molecule has 160 valence electrons. The predicted octanol–water partition coefficient (Wildman–Crippen LogP) is 6.42. The van der Waals surface area contributed by atoms with Crippen molar-refractivity contribution >= 4 is 17.4 Å². The maximum Gasteiger partial charge on any atom is 0.417 e. The second-order valence-electron chi connectivity index (χ2n) is 8.47. The number of nitrogens with one attached hydrogen (secondary N) is 1. The minimum atomic E-state index is -4.58. The molecule has 1 N–H and O–H groups in total. The summed E-state index contributed by atoms with van der Waals surface area (Å²) in [6.07, 6.45) is 1.45. The van der Waals surface area contributed by atoms with E-state index in [-0.39, 0.29) is 29.7 Å². The van der Waals surface area contributed by atoms with Crippen LogP contribution in [0.1, 0.15) is 65.1 Å². The first-order chi connectivity index (χ1) is 14.3. The number of Topliss-reactive ketones (excluding diaryl/α,β-unsaturated/α-hetero) is 1. The monoisotopic (exact) mass is 435 g/mol. The van der Waals surface area contributed by atoms with Gasteiger partial charge in [0.25, 0.3) is 0 Å². The standard InChI is InChI=1S/C24H25ClF3NO/c25-23-18(2-1-3-20(23)24(26,27)28)22(30)14-19(21-12-13-29-21)17-10-8-16(9-11-17)7-6-15-4-5-15/h1-3,8-11,15,19,21,29H,4-7,12-14H2/t19-,21?/m1/s1. The van der Waals surface area contributed by atoms with Crippen LogP contribution in [0.5, 0.6) is 0 Å². The Labute approximate surface area is 179 Å². The molecule has 2 fully saturated rings. The summed E-state index contributed by atoms with van der Waals surface area (Å²) in [5, 5.41) is 2.84. The fourth-order valence-electron chi connectivity index (χ4n) is 4.13. The van der Waals surface area contributed by atoms with Gasteiger partial charge in [-0.05, 0) is 55.0 Å². The number of alkyl halides is 3. The average molecular weight is 436 g/mol. The molecule has 30 heavy (non-hydrogen) atoms. The minimum absolute atomic E-state index is 0.0585. The van der Waals surface area contributed by atoms with Crippen molar-refractivity contribution in [3.8, 4) is 0 Å². The van der Waals surface area contributed by atoms with E-state index < -0.39 is 16.8 Å². The van der Waals surface area contributed by atoms with E-state index in [1.165, 1.54) is 37.0 Å². The Morgan fingerprint density at radius 1 is 1.10 bits per heavy atom. The Bertz CT molecular complexity index is 902. The fraction of sp³-hybridized carbons (Fsp3) is 0.458. The second kappa shape index (κ2) is 8.72. The molecule has 1 aliphatic heterocycles. The SMILES string of the molecule is O=C(C[C@H](c1ccc(CCC2CC2)cc1)C1CCN1)c1cccc(C(F)(F)F)c1Cl. The van der Waals surface area contributed by atoms with Gasteiger partial charge in [-0.1, -0.05) is 54.8 Å². The molecule has 0 bridgehead atoms. The number of benzene rings is 2. The number of ketones is 1. The van der Waals surface area contributed by atoms with Gasteiger partial charge in [-0.3, -0.25) is 4.79 Å². The highest BCUT2D eigenvalue weighted by atomic mass is 35.5. The number of hydrogen-bond donors (Lipinski definition) is 1. The van der Waals surface area contributed by atoms with Crippen molar-refractivity contribution in [3.05, 3.63) is 69.7 Å². The number of hydrogen-bond acceptors (Lipinski definition) is 2. The highest BCUT2D eigenvalue weighted by molar-refractivity contribution is 6.34. The molecule has 0 amide bonds. The molecule has 2 nitrogen and oxygen atoms in total. The first-order valence-electron chi connectivity index (χ1n) is 10.5. The van der Waals surface area contributed by atoms with Gasteiger partial charge >= 0.3 is 6.18 Å². The van der Waals surface area contributed by atoms with Crippen molar-refractivity contribution in [2.24, 2.45) is 5.92 Å². The largest absolute Gasteiger partial charge is 0.417 e. The molecule has 6 heteroatoms. The molecule has 1 heterocycles. The van der Waals surface area contributed by atoms with Gasteiger partial charge in [0.15, 0.2) is 5.78 Å². The lowest BCUT2D eigenvalue weighted by Crippen LogP contribution is -2.47. The van der Waals surface area contributed by atoms with E-state index in [9.17, 15) is 18.0 Å². The number of carbonyl (C=O) groups excluding carboxylic acids is 1. The molecule has 1 saturated carbocycles. The van der Waals surface area contributed by atoms with Crippen LogP contribution in [0.2, 0.25) is 5.02 Å². The second-order valence-corrected chi connectivity index (χ2v) is 8.85. The molecular weight excluding hydrogens is 411 g/mol. The van der Waals surface area contributed by atoms with E-state index in [1.807, 2.05) is 0 Å². The van der Waals surface area contributed by atoms with E-state index in [4.69, 9.17) is 11.6 Å². The zero-order valence-corrected chi connectivity index (χ0v) is 17.4. The van der Waals surface area contributed by atoms with Crippen molar-refractivity contribution < 1.29 is 18.0 Å². The molecule has 1 unspecified atom stereocenters. The summed E-state index contributed by atoms with van der Waals surface area (Å²) < 4.78 is 39.5. The van der Waals surface area contributed by atoms with Crippen LogP contribution in [-0.2, 0) is 12.6 Å². The molecule has 0 spiro atoms. The third-order valence-corrected chi connectivity index (χ3v) is 6.71. The first-order valence-corrected chi connectivity index (χ1v) is 10.9. The average Bonchev–Trinajstić information content (AvgIpc) is 3.48. The molecule has 1 saturated heterocycles. The van der Waals surface area contributed by atoms with Crippen LogP contribution in [0.3, 0.4) is 0 Å². The van der Waals surface area contributed by atoms with Crippen LogP contribution >= 0.6 is 11.6 Å². The van der Waals surface area contributed by atoms with E-state index in [0.717, 1.165) is 36.9 Å². The first kappa shape index (κ1) is 21.4. The Balaban J connectivity index is 1.51. The number of rotatable bonds is 8. The normalized spacial score (nSPS) is 19.9. The third kappa shape index (κ3) is 4.89. The summed E-state index contributed by atoms with van der Waals surface area (Å²) >= 11 is 5.97. The van der Waals surface area contributed by atoms with Crippen LogP contribution < -0.4 is 5.32 Å². The Morgan fingerprint density at radius 2 is 1.80 bits per heavy atom. The number of aryl methyl sites for hydroxylation is 1. The zero-order chi connectivity index (χ0) is 21.3.